The molecule has 0 aliphatic carbocycles. The van der Waals surface area contributed by atoms with Crippen LogP contribution in [-0.4, -0.2) is 22.8 Å². The van der Waals surface area contributed by atoms with E-state index in [0.29, 0.717) is 16.3 Å². The minimum atomic E-state index is -0.822. The van der Waals surface area contributed by atoms with Crippen molar-refractivity contribution in [3.63, 3.8) is 0 Å². The quantitative estimate of drug-likeness (QED) is 0.277. The Kier molecular flexibility index (Phi) is 4.33. The molecule has 8 nitrogen and oxygen atoms in total. The average Bonchev–Trinajstić information content (AvgIpc) is 2.79. The Morgan fingerprint density at radius 2 is 1.86 bits per heavy atom. The van der Waals surface area contributed by atoms with Crippen molar-refractivity contribution in [1.82, 2.24) is 5.06 Å². The number of hydroxylamine groups is 2. The molecule has 0 atom stereocenters. The molecule has 0 radical (unpaired) electrons. The Morgan fingerprint density at radius 3 is 2.43 bits per heavy atom. The van der Waals surface area contributed by atoms with Crippen LogP contribution in [0.5, 0.6) is 0 Å². The Labute approximate surface area is 119 Å². The van der Waals surface area contributed by atoms with Crippen LogP contribution in [0.15, 0.2) is 35.5 Å². The van der Waals surface area contributed by atoms with E-state index in [9.17, 15) is 14.4 Å². The maximum Gasteiger partial charge on any atom is 0.356 e. The molecule has 0 N–H and O–H groups in total. The van der Waals surface area contributed by atoms with Gasteiger partial charge in [0.2, 0.25) is 0 Å². The van der Waals surface area contributed by atoms with Crippen LogP contribution in [0, 0.1) is 0 Å². The van der Waals surface area contributed by atoms with Crippen LogP contribution < -0.4 is 0 Å². The fraction of sp³-hybridized carbons (Fsp3) is 0.154. The van der Waals surface area contributed by atoms with E-state index in [4.69, 9.17) is 5.53 Å². The molecule has 106 valence electrons. The summed E-state index contributed by atoms with van der Waals surface area (Å²) in [4.78, 5) is 41.3. The van der Waals surface area contributed by atoms with Crippen molar-refractivity contribution in [3.05, 3.63) is 46.3 Å². The number of imide groups is 1. The summed E-state index contributed by atoms with van der Waals surface area (Å²) in [6.07, 6.45) is 2.65. The number of carbonyl (C=O) groups is 3. The highest BCUT2D eigenvalue weighted by Crippen LogP contribution is 2.15. The third-order valence-electron chi connectivity index (χ3n) is 2.65. The number of hydrogen-bond acceptors (Lipinski definition) is 5. The Morgan fingerprint density at radius 1 is 1.24 bits per heavy atom. The molecule has 0 spiro atoms. The average molecular weight is 286 g/mol. The third-order valence-corrected chi connectivity index (χ3v) is 2.65. The normalized spacial score (nSPS) is 14.4. The fourth-order valence-electron chi connectivity index (χ4n) is 1.65. The maximum absolute atomic E-state index is 11.5. The van der Waals surface area contributed by atoms with Gasteiger partial charge in [-0.25, -0.2) is 4.79 Å². The zero-order valence-corrected chi connectivity index (χ0v) is 10.8. The zero-order valence-electron chi connectivity index (χ0n) is 10.8. The van der Waals surface area contributed by atoms with E-state index in [1.807, 2.05) is 0 Å². The first-order chi connectivity index (χ1) is 10.1. The first-order valence-electron chi connectivity index (χ1n) is 6.01. The lowest BCUT2D eigenvalue weighted by Gasteiger charge is -2.10. The smallest absolute Gasteiger partial charge is 0.326 e. The minimum Gasteiger partial charge on any atom is -0.326 e. The van der Waals surface area contributed by atoms with Gasteiger partial charge in [0.25, 0.3) is 11.8 Å². The highest BCUT2D eigenvalue weighted by molar-refractivity contribution is 6.02. The van der Waals surface area contributed by atoms with Crippen molar-refractivity contribution in [3.8, 4) is 0 Å². The highest BCUT2D eigenvalue weighted by atomic mass is 16.7. The molecule has 1 heterocycles. The molecule has 0 aromatic heterocycles. The monoisotopic (exact) mass is 286 g/mol. The Balaban J connectivity index is 1.97. The van der Waals surface area contributed by atoms with Gasteiger partial charge in [-0.3, -0.25) is 9.59 Å². The van der Waals surface area contributed by atoms with E-state index >= 15 is 0 Å². The standard InChI is InChI=1S/C13H10N4O4/c14-16-15-10-4-1-9(2-5-10)3-8-13(20)21-17-11(18)6-7-12(17)19/h1-5,8H,6-7H2. The molecule has 1 aliphatic rings. The molecule has 8 heteroatoms. The predicted molar refractivity (Wildman–Crippen MR) is 71.5 cm³/mol. The summed E-state index contributed by atoms with van der Waals surface area (Å²) in [6.45, 7) is 0. The van der Waals surface area contributed by atoms with Crippen molar-refractivity contribution in [2.75, 3.05) is 0 Å². The lowest BCUT2D eigenvalue weighted by molar-refractivity contribution is -0.193. The van der Waals surface area contributed by atoms with Gasteiger partial charge in [0.05, 0.1) is 0 Å². The number of rotatable bonds is 4. The summed E-state index contributed by atoms with van der Waals surface area (Å²) in [5.74, 6) is -1.88. The van der Waals surface area contributed by atoms with Crippen molar-refractivity contribution in [1.29, 1.82) is 0 Å². The lowest BCUT2D eigenvalue weighted by atomic mass is 10.2. The van der Waals surface area contributed by atoms with Crippen LogP contribution in [0.1, 0.15) is 18.4 Å². The van der Waals surface area contributed by atoms with Crippen LogP contribution in [0.3, 0.4) is 0 Å². The summed E-state index contributed by atoms with van der Waals surface area (Å²) in [5.41, 5.74) is 9.39. The first kappa shape index (κ1) is 14.3. The Hall–Kier alpha value is -3.12. The molecular formula is C13H10N4O4. The molecule has 2 rings (SSSR count). The topological polar surface area (TPSA) is 112 Å². The van der Waals surface area contributed by atoms with Gasteiger partial charge in [-0.15, -0.1) is 5.06 Å². The van der Waals surface area contributed by atoms with E-state index in [0.717, 1.165) is 6.08 Å². The Bertz CT molecular complexity index is 643. The van der Waals surface area contributed by atoms with Crippen LogP contribution >= 0.6 is 0 Å². The molecule has 1 fully saturated rings. The van der Waals surface area contributed by atoms with Crippen LogP contribution in [-0.2, 0) is 19.2 Å². The molecule has 1 aliphatic heterocycles. The van der Waals surface area contributed by atoms with Gasteiger partial charge >= 0.3 is 5.97 Å². The molecule has 0 unspecified atom stereocenters. The van der Waals surface area contributed by atoms with E-state index in [-0.39, 0.29) is 12.8 Å². The predicted octanol–water partition coefficient (Wildman–Crippen LogP) is 2.25. The minimum absolute atomic E-state index is 0.0523. The molecule has 0 saturated carbocycles. The largest absolute Gasteiger partial charge is 0.356 e. The van der Waals surface area contributed by atoms with Gasteiger partial charge in [-0.05, 0) is 17.2 Å². The summed E-state index contributed by atoms with van der Waals surface area (Å²) >= 11 is 0. The summed E-state index contributed by atoms with van der Waals surface area (Å²) in [7, 11) is 0. The second kappa shape index (κ2) is 6.36. The van der Waals surface area contributed by atoms with Crippen molar-refractivity contribution in [2.24, 2.45) is 5.11 Å². The van der Waals surface area contributed by atoms with E-state index in [1.54, 1.807) is 24.3 Å². The number of hydrogen-bond donors (Lipinski definition) is 0. The second-order valence-corrected chi connectivity index (χ2v) is 4.11. The summed E-state index contributed by atoms with van der Waals surface area (Å²) in [5, 5.41) is 3.89. The number of benzene rings is 1. The van der Waals surface area contributed by atoms with Crippen molar-refractivity contribution in [2.45, 2.75) is 12.8 Å². The van der Waals surface area contributed by atoms with E-state index in [2.05, 4.69) is 14.9 Å². The molecular weight excluding hydrogens is 276 g/mol. The van der Waals surface area contributed by atoms with Crippen LogP contribution in [0.4, 0.5) is 5.69 Å². The zero-order chi connectivity index (χ0) is 15.2. The summed E-state index contributed by atoms with van der Waals surface area (Å²) in [6, 6.07) is 6.44. The van der Waals surface area contributed by atoms with Gasteiger partial charge in [-0.2, -0.15) is 0 Å². The van der Waals surface area contributed by atoms with Gasteiger partial charge in [0.1, 0.15) is 0 Å². The van der Waals surface area contributed by atoms with Gasteiger partial charge in [0, 0.05) is 29.5 Å². The van der Waals surface area contributed by atoms with Gasteiger partial charge in [0.15, 0.2) is 0 Å². The summed E-state index contributed by atoms with van der Waals surface area (Å²) < 4.78 is 0. The molecule has 1 saturated heterocycles. The highest BCUT2D eigenvalue weighted by Gasteiger charge is 2.32. The SMILES string of the molecule is [N-]=[N+]=Nc1ccc(C=CC(=O)ON2C(=O)CCC2=O)cc1. The molecule has 1 aromatic carbocycles. The van der Waals surface area contributed by atoms with E-state index in [1.165, 1.54) is 6.08 Å². The van der Waals surface area contributed by atoms with Crippen molar-refractivity contribution >= 4 is 29.5 Å². The van der Waals surface area contributed by atoms with Crippen LogP contribution in [0.2, 0.25) is 0 Å². The first-order valence-corrected chi connectivity index (χ1v) is 6.01. The number of carbonyl (C=O) groups excluding carboxylic acids is 3. The fourth-order valence-corrected chi connectivity index (χ4v) is 1.65. The number of azide groups is 1. The molecule has 21 heavy (non-hydrogen) atoms. The lowest BCUT2D eigenvalue weighted by Crippen LogP contribution is -2.31. The maximum atomic E-state index is 11.5. The van der Waals surface area contributed by atoms with Gasteiger partial charge in [-0.1, -0.05) is 29.4 Å². The number of nitrogens with zero attached hydrogens (tertiary/aromatic N) is 4. The molecule has 0 bridgehead atoms. The molecule has 2 amide bonds. The second-order valence-electron chi connectivity index (χ2n) is 4.11. The van der Waals surface area contributed by atoms with Gasteiger partial charge < -0.3 is 4.84 Å². The third kappa shape index (κ3) is 3.68. The van der Waals surface area contributed by atoms with Crippen molar-refractivity contribution < 1.29 is 19.2 Å². The van der Waals surface area contributed by atoms with Crippen LogP contribution in [0.25, 0.3) is 16.5 Å². The molecule has 1 aromatic rings. The number of amides is 2. The van der Waals surface area contributed by atoms with E-state index < -0.39 is 17.8 Å².